The fraction of sp³-hybridized carbons (Fsp3) is 0.500. The highest BCUT2D eigenvalue weighted by molar-refractivity contribution is 6.27. The zero-order valence-electron chi connectivity index (χ0n) is 19.3. The molecular formula is C24H33N5O5. The summed E-state index contributed by atoms with van der Waals surface area (Å²) in [6, 6.07) is 10.3. The van der Waals surface area contributed by atoms with Crippen molar-refractivity contribution in [2.45, 2.75) is 44.6 Å². The summed E-state index contributed by atoms with van der Waals surface area (Å²) in [5, 5.41) is 21.7. The molecule has 2 aliphatic heterocycles. The van der Waals surface area contributed by atoms with E-state index in [1.165, 1.54) is 24.8 Å². The van der Waals surface area contributed by atoms with Crippen LogP contribution in [0.3, 0.4) is 0 Å². The van der Waals surface area contributed by atoms with Gasteiger partial charge in [-0.25, -0.2) is 14.6 Å². The fourth-order valence-corrected chi connectivity index (χ4v) is 3.91. The van der Waals surface area contributed by atoms with E-state index in [0.717, 1.165) is 69.5 Å². The van der Waals surface area contributed by atoms with E-state index in [1.807, 2.05) is 18.3 Å². The quantitative estimate of drug-likeness (QED) is 0.335. The monoisotopic (exact) mass is 471 g/mol. The lowest BCUT2D eigenvalue weighted by molar-refractivity contribution is -0.159. The van der Waals surface area contributed by atoms with E-state index >= 15 is 0 Å². The number of nitrogens with one attached hydrogen (secondary N) is 2. The third kappa shape index (κ3) is 8.18. The molecule has 1 fully saturated rings. The van der Waals surface area contributed by atoms with Gasteiger partial charge >= 0.3 is 11.9 Å². The van der Waals surface area contributed by atoms with E-state index in [0.29, 0.717) is 0 Å². The van der Waals surface area contributed by atoms with E-state index in [1.54, 1.807) is 0 Å². The average molecular weight is 472 g/mol. The largest absolute Gasteiger partial charge is 0.489 e. The molecule has 0 spiro atoms. The van der Waals surface area contributed by atoms with Gasteiger partial charge in [-0.3, -0.25) is 0 Å². The van der Waals surface area contributed by atoms with Crippen LogP contribution in [-0.2, 0) is 16.0 Å². The Bertz CT molecular complexity index is 923. The maximum absolute atomic E-state index is 9.10. The van der Waals surface area contributed by atoms with Gasteiger partial charge in [0.1, 0.15) is 17.7 Å². The summed E-state index contributed by atoms with van der Waals surface area (Å²) in [7, 11) is 0. The normalized spacial score (nSPS) is 16.9. The first-order valence-electron chi connectivity index (χ1n) is 11.8. The zero-order chi connectivity index (χ0) is 24.2. The molecule has 4 rings (SSSR count). The summed E-state index contributed by atoms with van der Waals surface area (Å²) < 4.78 is 6.08. The number of nitrogens with zero attached hydrogens (tertiary/aromatic N) is 3. The van der Waals surface area contributed by atoms with Gasteiger partial charge in [-0.2, -0.15) is 4.98 Å². The van der Waals surface area contributed by atoms with Crippen LogP contribution in [0, 0.1) is 0 Å². The molecule has 1 atom stereocenters. The van der Waals surface area contributed by atoms with Crippen molar-refractivity contribution in [2.24, 2.45) is 0 Å². The minimum absolute atomic E-state index is 0.275. The van der Waals surface area contributed by atoms with Crippen LogP contribution in [-0.4, -0.2) is 70.9 Å². The first-order valence-corrected chi connectivity index (χ1v) is 11.8. The number of aryl methyl sites for hydroxylation is 1. The van der Waals surface area contributed by atoms with Crippen molar-refractivity contribution in [3.63, 3.8) is 0 Å². The van der Waals surface area contributed by atoms with Crippen LogP contribution < -0.4 is 20.3 Å². The molecule has 1 unspecified atom stereocenters. The van der Waals surface area contributed by atoms with Crippen molar-refractivity contribution in [3.8, 4) is 5.75 Å². The topological polar surface area (TPSA) is 137 Å². The Hall–Kier alpha value is -3.40. The molecule has 10 nitrogen and oxygen atoms in total. The predicted octanol–water partition coefficient (Wildman–Crippen LogP) is 2.41. The fourth-order valence-electron chi connectivity index (χ4n) is 3.91. The molecule has 34 heavy (non-hydrogen) atoms. The third-order valence-electron chi connectivity index (χ3n) is 5.68. The minimum atomic E-state index is -1.82. The number of ether oxygens (including phenoxy) is 1. The summed E-state index contributed by atoms with van der Waals surface area (Å²) in [5.41, 5.74) is 1.33. The van der Waals surface area contributed by atoms with Gasteiger partial charge in [-0.05, 0) is 62.8 Å². The van der Waals surface area contributed by atoms with Crippen LogP contribution in [0.25, 0.3) is 0 Å². The van der Waals surface area contributed by atoms with Crippen LogP contribution in [0.1, 0.15) is 37.7 Å². The van der Waals surface area contributed by atoms with Crippen LogP contribution in [0.15, 0.2) is 36.5 Å². The average Bonchev–Trinajstić information content (AvgIpc) is 2.87. The number of fused-ring (bicyclic) bond motifs is 1. The minimum Gasteiger partial charge on any atom is -0.489 e. The van der Waals surface area contributed by atoms with Gasteiger partial charge in [0.25, 0.3) is 0 Å². The van der Waals surface area contributed by atoms with E-state index in [4.69, 9.17) is 24.5 Å². The first-order chi connectivity index (χ1) is 16.5. The van der Waals surface area contributed by atoms with Gasteiger partial charge < -0.3 is 30.5 Å². The number of para-hydroxylation sites is 1. The highest BCUT2D eigenvalue weighted by Crippen LogP contribution is 2.26. The number of hydrogen-bond donors (Lipinski definition) is 4. The highest BCUT2D eigenvalue weighted by atomic mass is 16.5. The van der Waals surface area contributed by atoms with Crippen molar-refractivity contribution in [1.29, 1.82) is 0 Å². The standard InChI is InChI=1S/C22H31N5O.C2H2O4/c1-4-15-27(16-5-1)22-25-14-11-21(26-22)24-13-6-12-23-17-19-10-9-18-7-2-3-8-20(18)28-19;3-1(4)2(5)6/h2-3,7-8,11,14,19,23H,1,4-6,9-10,12-13,15-17H2,(H,24,25,26);(H,3,4)(H,5,6). The van der Waals surface area contributed by atoms with Crippen molar-refractivity contribution in [2.75, 3.05) is 42.9 Å². The zero-order valence-corrected chi connectivity index (χ0v) is 19.3. The molecule has 2 aromatic rings. The van der Waals surface area contributed by atoms with E-state index in [9.17, 15) is 0 Å². The second-order valence-electron chi connectivity index (χ2n) is 8.27. The highest BCUT2D eigenvalue weighted by Gasteiger charge is 2.18. The summed E-state index contributed by atoms with van der Waals surface area (Å²) in [6.45, 7) is 4.92. The molecule has 10 heteroatoms. The molecule has 1 aromatic heterocycles. The van der Waals surface area contributed by atoms with Gasteiger partial charge in [0.2, 0.25) is 5.95 Å². The maximum atomic E-state index is 9.10. The van der Waals surface area contributed by atoms with Crippen LogP contribution in [0.5, 0.6) is 5.75 Å². The summed E-state index contributed by atoms with van der Waals surface area (Å²) in [4.78, 5) is 29.6. The van der Waals surface area contributed by atoms with Crippen molar-refractivity contribution >= 4 is 23.7 Å². The lowest BCUT2D eigenvalue weighted by Gasteiger charge is -2.26. The lowest BCUT2D eigenvalue weighted by Crippen LogP contribution is -2.35. The Labute approximate surface area is 199 Å². The number of aliphatic carboxylic acids is 2. The molecule has 1 aromatic carbocycles. The third-order valence-corrected chi connectivity index (χ3v) is 5.68. The Morgan fingerprint density at radius 1 is 1.06 bits per heavy atom. The maximum Gasteiger partial charge on any atom is 0.414 e. The van der Waals surface area contributed by atoms with Gasteiger partial charge in [0, 0.05) is 32.4 Å². The van der Waals surface area contributed by atoms with Crippen molar-refractivity contribution < 1.29 is 24.5 Å². The molecule has 0 bridgehead atoms. The molecule has 2 aliphatic rings. The number of hydrogen-bond acceptors (Lipinski definition) is 8. The number of benzene rings is 1. The summed E-state index contributed by atoms with van der Waals surface area (Å²) in [6.07, 6.45) is 9.17. The number of piperidine rings is 1. The summed E-state index contributed by atoms with van der Waals surface area (Å²) >= 11 is 0. The van der Waals surface area contributed by atoms with Crippen LogP contribution in [0.2, 0.25) is 0 Å². The SMILES string of the molecule is O=C(O)C(=O)O.c1ccc2c(c1)CCC(CNCCCNc1ccnc(N3CCCCC3)n1)O2. The number of rotatable bonds is 8. The van der Waals surface area contributed by atoms with Crippen molar-refractivity contribution in [1.82, 2.24) is 15.3 Å². The second kappa shape index (κ2) is 13.3. The molecule has 4 N–H and O–H groups in total. The smallest absolute Gasteiger partial charge is 0.414 e. The molecule has 0 amide bonds. The predicted molar refractivity (Wildman–Crippen MR) is 129 cm³/mol. The van der Waals surface area contributed by atoms with Crippen LogP contribution in [0.4, 0.5) is 11.8 Å². The first kappa shape index (κ1) is 25.2. The van der Waals surface area contributed by atoms with E-state index in [-0.39, 0.29) is 6.10 Å². The van der Waals surface area contributed by atoms with Gasteiger partial charge in [-0.15, -0.1) is 0 Å². The van der Waals surface area contributed by atoms with E-state index in [2.05, 4.69) is 43.7 Å². The molecule has 3 heterocycles. The Morgan fingerprint density at radius 2 is 1.82 bits per heavy atom. The number of carbonyl (C=O) groups is 2. The van der Waals surface area contributed by atoms with Crippen LogP contribution >= 0.6 is 0 Å². The van der Waals surface area contributed by atoms with Crippen molar-refractivity contribution in [3.05, 3.63) is 42.1 Å². The lowest BCUT2D eigenvalue weighted by atomic mass is 10.0. The molecule has 0 saturated carbocycles. The van der Waals surface area contributed by atoms with E-state index < -0.39 is 11.9 Å². The summed E-state index contributed by atoms with van der Waals surface area (Å²) in [5.74, 6) is -0.819. The Kier molecular flexibility index (Phi) is 9.90. The van der Waals surface area contributed by atoms with Gasteiger partial charge in [-0.1, -0.05) is 18.2 Å². The Balaban J connectivity index is 0.000000481. The molecule has 184 valence electrons. The van der Waals surface area contributed by atoms with Gasteiger partial charge in [0.15, 0.2) is 0 Å². The number of carboxylic acids is 2. The number of carboxylic acid groups (broad SMARTS) is 2. The van der Waals surface area contributed by atoms with Gasteiger partial charge in [0.05, 0.1) is 0 Å². The number of aromatic nitrogens is 2. The number of anilines is 2. The Morgan fingerprint density at radius 3 is 2.59 bits per heavy atom. The molecule has 0 aliphatic carbocycles. The molecule has 1 saturated heterocycles. The molecule has 0 radical (unpaired) electrons. The second-order valence-corrected chi connectivity index (χ2v) is 8.27. The molecular weight excluding hydrogens is 438 g/mol.